The number of aromatic nitrogens is 2. The van der Waals surface area contributed by atoms with E-state index in [4.69, 9.17) is 5.26 Å². The molecule has 0 spiro atoms. The number of H-pyrrole nitrogens is 1. The van der Waals surface area contributed by atoms with Crippen molar-refractivity contribution in [3.8, 4) is 6.07 Å². The molecular weight excluding hydrogens is 252 g/mol. The predicted molar refractivity (Wildman–Crippen MR) is 65.3 cm³/mol. The summed E-state index contributed by atoms with van der Waals surface area (Å²) in [6.45, 7) is 1.77. The standard InChI is InChI=1S/C11H10N4O2S/c1-8-6-11(14-13-8)15-18(16,17)10-4-2-9(7-12)3-5-10/h2-6H,1H3,(H2,13,14,15). The minimum absolute atomic E-state index is 0.0853. The van der Waals surface area contributed by atoms with Gasteiger partial charge in [-0.25, -0.2) is 8.42 Å². The van der Waals surface area contributed by atoms with Crippen LogP contribution in [0.2, 0.25) is 0 Å². The molecule has 0 fully saturated rings. The molecule has 0 aliphatic heterocycles. The molecular formula is C11H10N4O2S. The van der Waals surface area contributed by atoms with E-state index in [2.05, 4.69) is 14.9 Å². The molecule has 2 N–H and O–H groups in total. The van der Waals surface area contributed by atoms with Crippen molar-refractivity contribution in [3.05, 3.63) is 41.6 Å². The third-order valence-electron chi connectivity index (χ3n) is 2.24. The fraction of sp³-hybridized carbons (Fsp3) is 0.0909. The first-order valence-electron chi connectivity index (χ1n) is 5.06. The van der Waals surface area contributed by atoms with Gasteiger partial charge in [-0.15, -0.1) is 0 Å². The van der Waals surface area contributed by atoms with Crippen LogP contribution in [-0.4, -0.2) is 18.6 Å². The van der Waals surface area contributed by atoms with Crippen molar-refractivity contribution in [3.63, 3.8) is 0 Å². The molecule has 1 aromatic heterocycles. The Morgan fingerprint density at radius 2 is 2.00 bits per heavy atom. The van der Waals surface area contributed by atoms with Gasteiger partial charge in [0.2, 0.25) is 0 Å². The number of benzene rings is 1. The Morgan fingerprint density at radius 1 is 1.33 bits per heavy atom. The molecule has 0 saturated carbocycles. The first-order chi connectivity index (χ1) is 8.51. The summed E-state index contributed by atoms with van der Waals surface area (Å²) in [4.78, 5) is 0.0853. The number of sulfonamides is 1. The van der Waals surface area contributed by atoms with Gasteiger partial charge in [0.25, 0.3) is 10.0 Å². The number of nitrogens with one attached hydrogen (secondary N) is 2. The number of rotatable bonds is 3. The van der Waals surface area contributed by atoms with Gasteiger partial charge in [-0.3, -0.25) is 9.82 Å². The molecule has 1 aromatic carbocycles. The lowest BCUT2D eigenvalue weighted by Crippen LogP contribution is -2.13. The fourth-order valence-corrected chi connectivity index (χ4v) is 2.37. The Labute approximate surface area is 104 Å². The van der Waals surface area contributed by atoms with E-state index >= 15 is 0 Å². The van der Waals surface area contributed by atoms with Crippen molar-refractivity contribution < 1.29 is 8.42 Å². The first-order valence-corrected chi connectivity index (χ1v) is 6.54. The van der Waals surface area contributed by atoms with Gasteiger partial charge in [-0.1, -0.05) is 0 Å². The highest BCUT2D eigenvalue weighted by Gasteiger charge is 2.15. The molecule has 0 radical (unpaired) electrons. The molecule has 0 bridgehead atoms. The van der Waals surface area contributed by atoms with E-state index in [9.17, 15) is 8.42 Å². The van der Waals surface area contributed by atoms with E-state index in [-0.39, 0.29) is 10.7 Å². The van der Waals surface area contributed by atoms with Crippen LogP contribution in [0.5, 0.6) is 0 Å². The van der Waals surface area contributed by atoms with Crippen LogP contribution in [0.1, 0.15) is 11.3 Å². The number of aryl methyl sites for hydroxylation is 1. The number of hydrogen-bond acceptors (Lipinski definition) is 4. The Hall–Kier alpha value is -2.33. The molecule has 92 valence electrons. The lowest BCUT2D eigenvalue weighted by atomic mass is 10.2. The average molecular weight is 262 g/mol. The predicted octanol–water partition coefficient (Wildman–Crippen LogP) is 1.39. The summed E-state index contributed by atoms with van der Waals surface area (Å²) in [7, 11) is -3.67. The number of nitrogens with zero attached hydrogens (tertiary/aromatic N) is 2. The van der Waals surface area contributed by atoms with Gasteiger partial charge in [-0.05, 0) is 31.2 Å². The van der Waals surface area contributed by atoms with Crippen LogP contribution in [0.4, 0.5) is 5.82 Å². The third kappa shape index (κ3) is 2.49. The van der Waals surface area contributed by atoms with Crippen molar-refractivity contribution in [2.75, 3.05) is 4.72 Å². The highest BCUT2D eigenvalue weighted by Crippen LogP contribution is 2.15. The maximum absolute atomic E-state index is 12.0. The number of anilines is 1. The lowest BCUT2D eigenvalue weighted by Gasteiger charge is -2.04. The van der Waals surface area contributed by atoms with E-state index in [1.165, 1.54) is 24.3 Å². The molecule has 0 aliphatic carbocycles. The number of aromatic amines is 1. The van der Waals surface area contributed by atoms with E-state index in [0.29, 0.717) is 5.56 Å². The third-order valence-corrected chi connectivity index (χ3v) is 3.61. The van der Waals surface area contributed by atoms with Crippen molar-refractivity contribution >= 4 is 15.8 Å². The second kappa shape index (κ2) is 4.50. The fourth-order valence-electron chi connectivity index (χ4n) is 1.38. The molecule has 7 heteroatoms. The van der Waals surface area contributed by atoms with Crippen molar-refractivity contribution in [2.45, 2.75) is 11.8 Å². The van der Waals surface area contributed by atoms with E-state index < -0.39 is 10.0 Å². The van der Waals surface area contributed by atoms with Crippen LogP contribution in [-0.2, 0) is 10.0 Å². The molecule has 2 aromatic rings. The quantitative estimate of drug-likeness (QED) is 0.873. The molecule has 0 atom stereocenters. The summed E-state index contributed by atoms with van der Waals surface area (Å²) >= 11 is 0. The Morgan fingerprint density at radius 3 is 2.50 bits per heavy atom. The van der Waals surface area contributed by atoms with Crippen LogP contribution < -0.4 is 4.72 Å². The minimum atomic E-state index is -3.67. The summed E-state index contributed by atoms with van der Waals surface area (Å²) in [5.74, 6) is 0.233. The summed E-state index contributed by atoms with van der Waals surface area (Å²) < 4.78 is 26.3. The van der Waals surface area contributed by atoms with Gasteiger partial charge >= 0.3 is 0 Å². The molecule has 0 aliphatic rings. The number of nitriles is 1. The van der Waals surface area contributed by atoms with Crippen LogP contribution in [0.25, 0.3) is 0 Å². The van der Waals surface area contributed by atoms with Gasteiger partial charge in [-0.2, -0.15) is 10.4 Å². The monoisotopic (exact) mass is 262 g/mol. The van der Waals surface area contributed by atoms with E-state index in [1.807, 2.05) is 6.07 Å². The second-order valence-corrected chi connectivity index (χ2v) is 5.36. The summed E-state index contributed by atoms with van der Waals surface area (Å²) in [5.41, 5.74) is 1.16. The molecule has 1 heterocycles. The maximum Gasteiger partial charge on any atom is 0.263 e. The largest absolute Gasteiger partial charge is 0.281 e. The second-order valence-electron chi connectivity index (χ2n) is 3.68. The van der Waals surface area contributed by atoms with Gasteiger partial charge < -0.3 is 0 Å². The van der Waals surface area contributed by atoms with Crippen molar-refractivity contribution in [2.24, 2.45) is 0 Å². The van der Waals surface area contributed by atoms with Crippen LogP contribution in [0, 0.1) is 18.3 Å². The summed E-state index contributed by atoms with van der Waals surface area (Å²) in [5, 5.41) is 15.1. The Balaban J connectivity index is 2.28. The zero-order valence-corrected chi connectivity index (χ0v) is 10.3. The van der Waals surface area contributed by atoms with Gasteiger partial charge in [0.1, 0.15) is 0 Å². The van der Waals surface area contributed by atoms with Crippen LogP contribution in [0.15, 0.2) is 35.2 Å². The SMILES string of the molecule is Cc1cc(NS(=O)(=O)c2ccc(C#N)cc2)n[nH]1. The van der Waals surface area contributed by atoms with Crippen LogP contribution in [0.3, 0.4) is 0 Å². The molecule has 0 saturated heterocycles. The molecule has 18 heavy (non-hydrogen) atoms. The topological polar surface area (TPSA) is 98.6 Å². The molecule has 0 unspecified atom stereocenters. The zero-order chi connectivity index (χ0) is 13.2. The average Bonchev–Trinajstić information content (AvgIpc) is 2.74. The zero-order valence-electron chi connectivity index (χ0n) is 9.51. The maximum atomic E-state index is 12.0. The van der Waals surface area contributed by atoms with E-state index in [0.717, 1.165) is 5.69 Å². The smallest absolute Gasteiger partial charge is 0.263 e. The summed E-state index contributed by atoms with van der Waals surface area (Å²) in [6.07, 6.45) is 0. The van der Waals surface area contributed by atoms with Crippen molar-refractivity contribution in [1.82, 2.24) is 10.2 Å². The highest BCUT2D eigenvalue weighted by molar-refractivity contribution is 7.92. The van der Waals surface area contributed by atoms with Crippen LogP contribution >= 0.6 is 0 Å². The van der Waals surface area contributed by atoms with Gasteiger partial charge in [0.15, 0.2) is 5.82 Å². The lowest BCUT2D eigenvalue weighted by molar-refractivity contribution is 0.601. The van der Waals surface area contributed by atoms with Gasteiger partial charge in [0.05, 0.1) is 16.5 Å². The number of hydrogen-bond donors (Lipinski definition) is 2. The normalized spacial score (nSPS) is 10.9. The molecule has 2 rings (SSSR count). The Bertz CT molecular complexity index is 695. The molecule has 0 amide bonds. The molecule has 6 nitrogen and oxygen atoms in total. The highest BCUT2D eigenvalue weighted by atomic mass is 32.2. The van der Waals surface area contributed by atoms with E-state index in [1.54, 1.807) is 13.0 Å². The summed E-state index contributed by atoms with van der Waals surface area (Å²) in [6, 6.07) is 9.16. The van der Waals surface area contributed by atoms with Crippen molar-refractivity contribution in [1.29, 1.82) is 5.26 Å². The first kappa shape index (κ1) is 12.1. The Kier molecular flexibility index (Phi) is 3.04. The van der Waals surface area contributed by atoms with Gasteiger partial charge in [0, 0.05) is 11.8 Å². The minimum Gasteiger partial charge on any atom is -0.281 e.